The molecule has 0 spiro atoms. The molecular formula is C66H67BN2. The van der Waals surface area contributed by atoms with Gasteiger partial charge < -0.3 is 9.80 Å². The fraction of sp³-hybridized carbons (Fsp3) is 0.303. The van der Waals surface area contributed by atoms with Crippen LogP contribution in [-0.2, 0) is 27.1 Å². The number of benzene rings is 7. The lowest BCUT2D eigenvalue weighted by molar-refractivity contribution is 0.589. The van der Waals surface area contributed by atoms with Crippen molar-refractivity contribution in [3.8, 4) is 11.1 Å². The molecule has 0 radical (unpaired) electrons. The van der Waals surface area contributed by atoms with Crippen LogP contribution in [0.4, 0.5) is 34.1 Å². The predicted molar refractivity (Wildman–Crippen MR) is 298 cm³/mol. The third-order valence-corrected chi connectivity index (χ3v) is 16.9. The van der Waals surface area contributed by atoms with Gasteiger partial charge in [-0.3, -0.25) is 0 Å². The fourth-order valence-electron chi connectivity index (χ4n) is 12.9. The summed E-state index contributed by atoms with van der Waals surface area (Å²) in [5, 5.41) is 0. The molecule has 7 aromatic carbocycles. The summed E-state index contributed by atoms with van der Waals surface area (Å²) in [6.45, 7) is 30.9. The lowest BCUT2D eigenvalue weighted by atomic mass is 9.33. The highest BCUT2D eigenvalue weighted by Crippen LogP contribution is 2.56. The molecule has 7 aromatic rings. The summed E-state index contributed by atoms with van der Waals surface area (Å²) in [5.41, 5.74) is 29.4. The van der Waals surface area contributed by atoms with Gasteiger partial charge in [-0.05, 0) is 161 Å². The first-order chi connectivity index (χ1) is 32.6. The van der Waals surface area contributed by atoms with Gasteiger partial charge in [0.25, 0.3) is 6.71 Å². The Morgan fingerprint density at radius 2 is 1.00 bits per heavy atom. The molecule has 3 heteroatoms. The molecule has 0 atom stereocenters. The normalized spacial score (nSPS) is 17.1. The monoisotopic (exact) mass is 899 g/mol. The van der Waals surface area contributed by atoms with Gasteiger partial charge in [-0.25, -0.2) is 0 Å². The van der Waals surface area contributed by atoms with Gasteiger partial charge in [-0.2, -0.15) is 0 Å². The Morgan fingerprint density at radius 3 is 1.67 bits per heavy atom. The maximum Gasteiger partial charge on any atom is 0.252 e. The molecule has 0 saturated carbocycles. The van der Waals surface area contributed by atoms with E-state index in [0.717, 1.165) is 12.8 Å². The first-order valence-electron chi connectivity index (χ1n) is 25.6. The second-order valence-corrected chi connectivity index (χ2v) is 25.0. The van der Waals surface area contributed by atoms with Crippen LogP contribution in [0.2, 0.25) is 0 Å². The fourth-order valence-corrected chi connectivity index (χ4v) is 12.9. The summed E-state index contributed by atoms with van der Waals surface area (Å²) in [6, 6.07) is 55.0. The molecule has 344 valence electrons. The van der Waals surface area contributed by atoms with Gasteiger partial charge in [-0.1, -0.05) is 193 Å². The topological polar surface area (TPSA) is 6.48 Å². The second kappa shape index (κ2) is 14.6. The van der Waals surface area contributed by atoms with Gasteiger partial charge >= 0.3 is 0 Å². The van der Waals surface area contributed by atoms with Gasteiger partial charge in [0.05, 0.1) is 0 Å². The summed E-state index contributed by atoms with van der Waals surface area (Å²) in [7, 11) is 0. The standard InChI is InChI=1S/C66H67BN2/c1-62(2,3)41-28-34-56-55(35-41)67-54-33-27-42(63(4,5)6)36-57(54)68(44-29-25-40(26-30-44)46-21-18-24-52-60(46)49-20-15-17-23-51(49)65(52,10)11)58-37-43(64(7,8)9)38-59(61(58)67)69(56)45-31-32-48-47-19-14-16-22-50(47)66(12,13)53(48)39-45/h14-17,19-23,25-39H,18,24H2,1-13H3. The highest BCUT2D eigenvalue weighted by Gasteiger charge is 2.46. The van der Waals surface area contributed by atoms with E-state index in [1.54, 1.807) is 5.57 Å². The smallest absolute Gasteiger partial charge is 0.252 e. The van der Waals surface area contributed by atoms with E-state index in [1.165, 1.54) is 117 Å². The van der Waals surface area contributed by atoms with E-state index < -0.39 is 0 Å². The summed E-state index contributed by atoms with van der Waals surface area (Å²) < 4.78 is 0. The number of hydrogen-bond acceptors (Lipinski definition) is 2. The first kappa shape index (κ1) is 43.9. The maximum atomic E-state index is 2.63. The zero-order valence-electron chi connectivity index (χ0n) is 43.2. The number of hydrogen-bond donors (Lipinski definition) is 0. The van der Waals surface area contributed by atoms with Crippen LogP contribution in [-0.4, -0.2) is 6.71 Å². The van der Waals surface area contributed by atoms with Crippen LogP contribution in [0.1, 0.15) is 147 Å². The second-order valence-electron chi connectivity index (χ2n) is 25.0. The molecule has 2 nitrogen and oxygen atoms in total. The number of fused-ring (bicyclic) bond motifs is 9. The van der Waals surface area contributed by atoms with Crippen LogP contribution >= 0.6 is 0 Å². The van der Waals surface area contributed by atoms with Gasteiger partial charge in [-0.15, -0.1) is 0 Å². The van der Waals surface area contributed by atoms with Crippen molar-refractivity contribution in [3.63, 3.8) is 0 Å². The third-order valence-electron chi connectivity index (χ3n) is 16.9. The molecule has 2 heterocycles. The Hall–Kier alpha value is -6.32. The molecule has 0 saturated heterocycles. The molecule has 5 aliphatic rings. The molecule has 2 aliphatic heterocycles. The first-order valence-corrected chi connectivity index (χ1v) is 25.6. The quantitative estimate of drug-likeness (QED) is 0.163. The lowest BCUT2D eigenvalue weighted by Crippen LogP contribution is -2.61. The SMILES string of the molecule is CC(C)(C)c1ccc2c(c1)B1c3ccc(C(C)(C)C)cc3N(c3ccc(C4=CCCC5=C4c4ccccc4C5(C)C)cc3)c3cc(C(C)(C)C)cc(c31)N2c1ccc2c(c1)C(C)(C)c1ccccc1-2. The van der Waals surface area contributed by atoms with E-state index >= 15 is 0 Å². The number of nitrogens with zero attached hydrogens (tertiary/aromatic N) is 2. The van der Waals surface area contributed by atoms with Gasteiger partial charge in [0.15, 0.2) is 0 Å². The van der Waals surface area contributed by atoms with Crippen LogP contribution in [0.5, 0.6) is 0 Å². The van der Waals surface area contributed by atoms with E-state index in [-0.39, 0.29) is 33.8 Å². The summed E-state index contributed by atoms with van der Waals surface area (Å²) >= 11 is 0. The van der Waals surface area contributed by atoms with E-state index in [9.17, 15) is 0 Å². The predicted octanol–water partition coefficient (Wildman–Crippen LogP) is 15.9. The molecule has 0 fully saturated rings. The maximum absolute atomic E-state index is 2.63. The summed E-state index contributed by atoms with van der Waals surface area (Å²) in [5.74, 6) is 0. The van der Waals surface area contributed by atoms with Crippen molar-refractivity contribution in [2.45, 2.75) is 130 Å². The van der Waals surface area contributed by atoms with Crippen molar-refractivity contribution in [3.05, 3.63) is 196 Å². The Balaban J connectivity index is 1.10. The third kappa shape index (κ3) is 6.44. The van der Waals surface area contributed by atoms with E-state index in [1.807, 2.05) is 0 Å². The molecule has 0 bridgehead atoms. The minimum absolute atomic E-state index is 0.0231. The Kier molecular flexibility index (Phi) is 9.30. The van der Waals surface area contributed by atoms with Crippen LogP contribution in [0.3, 0.4) is 0 Å². The van der Waals surface area contributed by atoms with Gasteiger partial charge in [0.2, 0.25) is 0 Å². The minimum Gasteiger partial charge on any atom is -0.311 e. The van der Waals surface area contributed by atoms with Gasteiger partial charge in [0.1, 0.15) is 0 Å². The highest BCUT2D eigenvalue weighted by molar-refractivity contribution is 7.00. The Bertz CT molecular complexity index is 3390. The Morgan fingerprint density at radius 1 is 0.449 bits per heavy atom. The van der Waals surface area contributed by atoms with Crippen molar-refractivity contribution < 1.29 is 0 Å². The number of allylic oxidation sites excluding steroid dienone is 4. The van der Waals surface area contributed by atoms with E-state index in [2.05, 4.69) is 245 Å². The molecular weight excluding hydrogens is 832 g/mol. The van der Waals surface area contributed by atoms with Crippen LogP contribution < -0.4 is 26.2 Å². The molecule has 0 unspecified atom stereocenters. The average Bonchev–Trinajstić information content (AvgIpc) is 3.69. The van der Waals surface area contributed by atoms with Gasteiger partial charge in [0, 0.05) is 45.0 Å². The average molecular weight is 899 g/mol. The number of rotatable bonds is 3. The molecule has 0 N–H and O–H groups in total. The van der Waals surface area contributed by atoms with Crippen molar-refractivity contribution in [1.29, 1.82) is 0 Å². The number of anilines is 6. The van der Waals surface area contributed by atoms with Crippen molar-refractivity contribution >= 4 is 68.4 Å². The zero-order valence-corrected chi connectivity index (χ0v) is 43.2. The van der Waals surface area contributed by atoms with Crippen molar-refractivity contribution in [1.82, 2.24) is 0 Å². The molecule has 0 amide bonds. The Labute approximate surface area is 412 Å². The van der Waals surface area contributed by atoms with E-state index in [0.29, 0.717) is 0 Å². The van der Waals surface area contributed by atoms with Crippen LogP contribution in [0.25, 0.3) is 22.3 Å². The molecule has 3 aliphatic carbocycles. The van der Waals surface area contributed by atoms with Crippen LogP contribution in [0, 0.1) is 0 Å². The minimum atomic E-state index is -0.123. The van der Waals surface area contributed by atoms with Crippen molar-refractivity contribution in [2.75, 3.05) is 9.80 Å². The largest absolute Gasteiger partial charge is 0.311 e. The molecule has 69 heavy (non-hydrogen) atoms. The lowest BCUT2D eigenvalue weighted by Gasteiger charge is -2.46. The van der Waals surface area contributed by atoms with Crippen molar-refractivity contribution in [2.24, 2.45) is 0 Å². The molecule has 12 rings (SSSR count). The molecule has 0 aromatic heterocycles. The summed E-state index contributed by atoms with van der Waals surface area (Å²) in [4.78, 5) is 5.26. The van der Waals surface area contributed by atoms with Crippen LogP contribution in [0.15, 0.2) is 151 Å². The zero-order chi connectivity index (χ0) is 48.3. The highest BCUT2D eigenvalue weighted by atomic mass is 15.2. The van der Waals surface area contributed by atoms with E-state index in [4.69, 9.17) is 0 Å². The summed E-state index contributed by atoms with van der Waals surface area (Å²) in [6.07, 6.45) is 4.69.